The van der Waals surface area contributed by atoms with E-state index in [1.165, 1.54) is 9.80 Å². The molecule has 0 aromatic heterocycles. The van der Waals surface area contributed by atoms with Gasteiger partial charge in [-0.1, -0.05) is 6.07 Å². The van der Waals surface area contributed by atoms with Crippen LogP contribution in [0.2, 0.25) is 0 Å². The van der Waals surface area contributed by atoms with Gasteiger partial charge in [0.25, 0.3) is 0 Å². The number of urea groups is 1. The normalized spacial score (nSPS) is 18.0. The summed E-state index contributed by atoms with van der Waals surface area (Å²) in [5.41, 5.74) is 1.84. The van der Waals surface area contributed by atoms with Gasteiger partial charge >= 0.3 is 12.1 Å². The average molecular weight is 424 g/mol. The third kappa shape index (κ3) is 4.55. The molecule has 1 atom stereocenters. The Labute approximate surface area is 179 Å². The molecule has 4 rings (SSSR count). The molecule has 0 saturated carbocycles. The number of nitrogens with zero attached hydrogens (tertiary/aromatic N) is 2. The highest BCUT2D eigenvalue weighted by Crippen LogP contribution is 2.25. The lowest BCUT2D eigenvalue weighted by molar-refractivity contribution is -0.119. The summed E-state index contributed by atoms with van der Waals surface area (Å²) in [5, 5.41) is 5.70. The van der Waals surface area contributed by atoms with Crippen molar-refractivity contribution in [3.8, 4) is 5.75 Å². The maximum absolute atomic E-state index is 12.9. The maximum atomic E-state index is 12.9. The van der Waals surface area contributed by atoms with Crippen molar-refractivity contribution >= 4 is 35.1 Å². The molecule has 0 radical (unpaired) electrons. The molecule has 0 bridgehead atoms. The highest BCUT2D eigenvalue weighted by atomic mass is 16.6. The predicted octanol–water partition coefficient (Wildman–Crippen LogP) is 3.29. The van der Waals surface area contributed by atoms with Crippen molar-refractivity contribution in [1.82, 2.24) is 4.90 Å². The van der Waals surface area contributed by atoms with Crippen LogP contribution in [-0.2, 0) is 9.53 Å². The van der Waals surface area contributed by atoms with Crippen LogP contribution < -0.4 is 20.3 Å². The Morgan fingerprint density at radius 2 is 1.87 bits per heavy atom. The lowest BCUT2D eigenvalue weighted by Gasteiger charge is -2.24. The minimum atomic E-state index is -0.557. The summed E-state index contributed by atoms with van der Waals surface area (Å²) < 4.78 is 10.1. The number of hydrogen-bond donors (Lipinski definition) is 2. The Morgan fingerprint density at radius 1 is 1.06 bits per heavy atom. The van der Waals surface area contributed by atoms with Gasteiger partial charge in [-0.25, -0.2) is 9.59 Å². The van der Waals surface area contributed by atoms with Gasteiger partial charge in [-0.05, 0) is 55.3 Å². The average Bonchev–Trinajstić information content (AvgIpc) is 3.44. The van der Waals surface area contributed by atoms with Crippen LogP contribution in [0, 0.1) is 0 Å². The van der Waals surface area contributed by atoms with Crippen molar-refractivity contribution in [2.24, 2.45) is 0 Å². The fourth-order valence-electron chi connectivity index (χ4n) is 3.76. The molecule has 2 aromatic rings. The van der Waals surface area contributed by atoms with E-state index in [2.05, 4.69) is 10.6 Å². The van der Waals surface area contributed by atoms with Crippen LogP contribution in [0.25, 0.3) is 0 Å². The molecular formula is C22H24N4O5. The van der Waals surface area contributed by atoms with E-state index < -0.39 is 12.1 Å². The number of rotatable bonds is 5. The molecule has 2 fully saturated rings. The molecule has 9 nitrogen and oxygen atoms in total. The topological polar surface area (TPSA) is 100 Å². The Hall–Kier alpha value is -3.75. The van der Waals surface area contributed by atoms with Crippen LogP contribution in [0.5, 0.6) is 5.75 Å². The molecular weight excluding hydrogens is 400 g/mol. The number of nitrogens with one attached hydrogen (secondary N) is 2. The summed E-state index contributed by atoms with van der Waals surface area (Å²) in [6.07, 6.45) is 0.932. The SMILES string of the molecule is COc1ccc(NC(=O)C2CCCN2C(=O)Nc2cccc(N3CCOC3=O)c2)cc1. The molecule has 9 heteroatoms. The smallest absolute Gasteiger partial charge is 0.414 e. The van der Waals surface area contributed by atoms with Gasteiger partial charge in [-0.15, -0.1) is 0 Å². The summed E-state index contributed by atoms with van der Waals surface area (Å²) in [7, 11) is 1.58. The number of hydrogen-bond acceptors (Lipinski definition) is 5. The number of cyclic esters (lactones) is 1. The summed E-state index contributed by atoms with van der Waals surface area (Å²) in [4.78, 5) is 40.5. The molecule has 2 aromatic carbocycles. The number of anilines is 3. The van der Waals surface area contributed by atoms with Crippen LogP contribution in [0.15, 0.2) is 48.5 Å². The molecule has 2 saturated heterocycles. The predicted molar refractivity (Wildman–Crippen MR) is 116 cm³/mol. The number of likely N-dealkylation sites (tertiary alicyclic amines) is 1. The van der Waals surface area contributed by atoms with E-state index in [4.69, 9.17) is 9.47 Å². The van der Waals surface area contributed by atoms with Crippen LogP contribution in [-0.4, -0.2) is 55.8 Å². The number of carbonyl (C=O) groups is 3. The fraction of sp³-hybridized carbons (Fsp3) is 0.318. The van der Waals surface area contributed by atoms with Gasteiger partial charge in [0.1, 0.15) is 18.4 Å². The highest BCUT2D eigenvalue weighted by molar-refractivity contribution is 6.00. The molecule has 1 unspecified atom stereocenters. The number of ether oxygens (including phenoxy) is 2. The molecule has 2 aliphatic rings. The maximum Gasteiger partial charge on any atom is 0.414 e. The number of amides is 4. The molecule has 2 N–H and O–H groups in total. The van der Waals surface area contributed by atoms with E-state index in [1.807, 2.05) is 0 Å². The Kier molecular flexibility index (Phi) is 5.92. The lowest BCUT2D eigenvalue weighted by Crippen LogP contribution is -2.45. The second-order valence-electron chi connectivity index (χ2n) is 7.32. The third-order valence-corrected chi connectivity index (χ3v) is 5.34. The van der Waals surface area contributed by atoms with E-state index in [-0.39, 0.29) is 11.9 Å². The largest absolute Gasteiger partial charge is 0.497 e. The van der Waals surface area contributed by atoms with Crippen molar-refractivity contribution in [2.75, 3.05) is 42.3 Å². The zero-order valence-electron chi connectivity index (χ0n) is 17.2. The first-order valence-corrected chi connectivity index (χ1v) is 10.1. The van der Waals surface area contributed by atoms with Gasteiger partial charge < -0.3 is 25.0 Å². The number of benzene rings is 2. The molecule has 31 heavy (non-hydrogen) atoms. The molecule has 4 amide bonds. The van der Waals surface area contributed by atoms with Gasteiger partial charge in [-0.2, -0.15) is 0 Å². The summed E-state index contributed by atoms with van der Waals surface area (Å²) in [5.74, 6) is 0.468. The van der Waals surface area contributed by atoms with Gasteiger partial charge in [0.05, 0.1) is 13.7 Å². The van der Waals surface area contributed by atoms with Gasteiger partial charge in [0.2, 0.25) is 5.91 Å². The van der Waals surface area contributed by atoms with E-state index in [1.54, 1.807) is 55.6 Å². The van der Waals surface area contributed by atoms with Crippen LogP contribution in [0.3, 0.4) is 0 Å². The van der Waals surface area contributed by atoms with Crippen molar-refractivity contribution in [3.05, 3.63) is 48.5 Å². The van der Waals surface area contributed by atoms with E-state index in [9.17, 15) is 14.4 Å². The number of carbonyl (C=O) groups excluding carboxylic acids is 3. The number of methoxy groups -OCH3 is 1. The minimum absolute atomic E-state index is 0.230. The van der Waals surface area contributed by atoms with E-state index >= 15 is 0 Å². The van der Waals surface area contributed by atoms with Crippen LogP contribution in [0.4, 0.5) is 26.7 Å². The third-order valence-electron chi connectivity index (χ3n) is 5.34. The van der Waals surface area contributed by atoms with E-state index in [0.29, 0.717) is 48.9 Å². The second kappa shape index (κ2) is 8.95. The van der Waals surface area contributed by atoms with E-state index in [0.717, 1.165) is 6.42 Å². The summed E-state index contributed by atoms with van der Waals surface area (Å²) >= 11 is 0. The fourth-order valence-corrected chi connectivity index (χ4v) is 3.76. The Balaban J connectivity index is 1.40. The Bertz CT molecular complexity index is 978. The molecule has 0 spiro atoms. The summed E-state index contributed by atoms with van der Waals surface area (Å²) in [6.45, 7) is 1.30. The van der Waals surface area contributed by atoms with Gasteiger partial charge in [0.15, 0.2) is 0 Å². The minimum Gasteiger partial charge on any atom is -0.497 e. The van der Waals surface area contributed by atoms with Crippen molar-refractivity contribution in [1.29, 1.82) is 0 Å². The first-order valence-electron chi connectivity index (χ1n) is 10.1. The highest BCUT2D eigenvalue weighted by Gasteiger charge is 2.34. The van der Waals surface area contributed by atoms with Crippen molar-refractivity contribution in [3.63, 3.8) is 0 Å². The first-order chi connectivity index (χ1) is 15.0. The first kappa shape index (κ1) is 20.5. The zero-order chi connectivity index (χ0) is 21.8. The monoisotopic (exact) mass is 424 g/mol. The van der Waals surface area contributed by atoms with Gasteiger partial charge in [-0.3, -0.25) is 9.69 Å². The van der Waals surface area contributed by atoms with Crippen molar-refractivity contribution in [2.45, 2.75) is 18.9 Å². The quantitative estimate of drug-likeness (QED) is 0.767. The van der Waals surface area contributed by atoms with Crippen LogP contribution >= 0.6 is 0 Å². The van der Waals surface area contributed by atoms with Gasteiger partial charge in [0, 0.05) is 23.6 Å². The molecule has 162 valence electrons. The zero-order valence-corrected chi connectivity index (χ0v) is 17.2. The standard InChI is InChI=1S/C22H24N4O5/c1-30-18-9-7-15(8-10-18)23-20(27)19-6-3-11-26(19)21(28)24-16-4-2-5-17(14-16)25-12-13-31-22(25)29/h2,4-5,7-10,14,19H,3,6,11-13H2,1H3,(H,23,27)(H,24,28). The van der Waals surface area contributed by atoms with Crippen molar-refractivity contribution < 1.29 is 23.9 Å². The molecule has 2 heterocycles. The van der Waals surface area contributed by atoms with Crippen LogP contribution in [0.1, 0.15) is 12.8 Å². The Morgan fingerprint density at radius 3 is 2.58 bits per heavy atom. The summed E-state index contributed by atoms with van der Waals surface area (Å²) in [6, 6.07) is 13.1. The molecule has 0 aliphatic carbocycles. The lowest BCUT2D eigenvalue weighted by atomic mass is 10.2. The molecule has 2 aliphatic heterocycles. The second-order valence-corrected chi connectivity index (χ2v) is 7.32.